The summed E-state index contributed by atoms with van der Waals surface area (Å²) in [7, 11) is 0. The van der Waals surface area contributed by atoms with Crippen LogP contribution in [-0.4, -0.2) is 31.4 Å². The highest BCUT2D eigenvalue weighted by Gasteiger charge is 2.21. The van der Waals surface area contributed by atoms with Crippen molar-refractivity contribution >= 4 is 15.9 Å². The van der Waals surface area contributed by atoms with E-state index in [-0.39, 0.29) is 17.7 Å². The van der Waals surface area contributed by atoms with Gasteiger partial charge in [0.25, 0.3) is 0 Å². The molecule has 0 spiro atoms. The van der Waals surface area contributed by atoms with Gasteiger partial charge in [0.2, 0.25) is 0 Å². The SMILES string of the molecule is CC(C)(C)NCC(OCC1CCCO1)c1ccc(Br)cc1. The van der Waals surface area contributed by atoms with Crippen molar-refractivity contribution in [2.45, 2.75) is 51.4 Å². The summed E-state index contributed by atoms with van der Waals surface area (Å²) in [6, 6.07) is 8.37. The number of halogens is 1. The molecule has 1 N–H and O–H groups in total. The number of benzene rings is 1. The maximum atomic E-state index is 6.14. The summed E-state index contributed by atoms with van der Waals surface area (Å²) in [6.07, 6.45) is 2.58. The van der Waals surface area contributed by atoms with Crippen LogP contribution < -0.4 is 5.32 Å². The molecular formula is C17H26BrNO2. The minimum absolute atomic E-state index is 0.0570. The van der Waals surface area contributed by atoms with Crippen LogP contribution >= 0.6 is 15.9 Å². The van der Waals surface area contributed by atoms with Crippen molar-refractivity contribution < 1.29 is 9.47 Å². The molecule has 0 radical (unpaired) electrons. The highest BCUT2D eigenvalue weighted by atomic mass is 79.9. The molecule has 3 nitrogen and oxygen atoms in total. The quantitative estimate of drug-likeness (QED) is 0.833. The molecule has 1 aliphatic rings. The van der Waals surface area contributed by atoms with Gasteiger partial charge in [0, 0.05) is 23.2 Å². The van der Waals surface area contributed by atoms with Crippen molar-refractivity contribution in [1.29, 1.82) is 0 Å². The molecule has 4 heteroatoms. The fourth-order valence-electron chi connectivity index (χ4n) is 2.35. The van der Waals surface area contributed by atoms with E-state index in [4.69, 9.17) is 9.47 Å². The summed E-state index contributed by atoms with van der Waals surface area (Å²) < 4.78 is 12.9. The van der Waals surface area contributed by atoms with Crippen molar-refractivity contribution in [2.24, 2.45) is 0 Å². The predicted octanol–water partition coefficient (Wildman–Crippen LogP) is 4.07. The highest BCUT2D eigenvalue weighted by molar-refractivity contribution is 9.10. The van der Waals surface area contributed by atoms with Gasteiger partial charge in [0.05, 0.1) is 18.8 Å². The Bertz CT molecular complexity index is 421. The molecule has 118 valence electrons. The second-order valence-corrected chi connectivity index (χ2v) is 7.56. The number of ether oxygens (including phenoxy) is 2. The van der Waals surface area contributed by atoms with Crippen LogP contribution in [-0.2, 0) is 9.47 Å². The zero-order chi connectivity index (χ0) is 15.3. The molecule has 2 unspecified atom stereocenters. The van der Waals surface area contributed by atoms with Gasteiger partial charge in [-0.15, -0.1) is 0 Å². The first kappa shape index (κ1) is 16.9. The molecule has 21 heavy (non-hydrogen) atoms. The molecule has 0 saturated carbocycles. The number of rotatable bonds is 6. The fraction of sp³-hybridized carbons (Fsp3) is 0.647. The third kappa shape index (κ3) is 6.07. The monoisotopic (exact) mass is 355 g/mol. The Kier molecular flexibility index (Phi) is 6.23. The van der Waals surface area contributed by atoms with Crippen LogP contribution in [0, 0.1) is 0 Å². The van der Waals surface area contributed by atoms with Gasteiger partial charge in [-0.25, -0.2) is 0 Å². The Morgan fingerprint density at radius 2 is 2.05 bits per heavy atom. The predicted molar refractivity (Wildman–Crippen MR) is 89.6 cm³/mol. The summed E-state index contributed by atoms with van der Waals surface area (Å²) in [6.45, 7) is 8.87. The van der Waals surface area contributed by atoms with Crippen molar-refractivity contribution in [3.05, 3.63) is 34.3 Å². The summed E-state index contributed by atoms with van der Waals surface area (Å²) >= 11 is 3.48. The lowest BCUT2D eigenvalue weighted by atomic mass is 10.1. The second-order valence-electron chi connectivity index (χ2n) is 6.64. The molecule has 0 amide bonds. The molecule has 1 saturated heterocycles. The van der Waals surface area contributed by atoms with Crippen LogP contribution in [0.1, 0.15) is 45.3 Å². The first-order chi connectivity index (χ1) is 9.94. The Morgan fingerprint density at radius 1 is 1.33 bits per heavy atom. The molecule has 0 aromatic heterocycles. The normalized spacial score (nSPS) is 20.7. The maximum Gasteiger partial charge on any atom is 0.0950 e. The molecule has 2 atom stereocenters. The van der Waals surface area contributed by atoms with E-state index in [2.05, 4.69) is 66.3 Å². The van der Waals surface area contributed by atoms with Gasteiger partial charge < -0.3 is 14.8 Å². The Balaban J connectivity index is 1.96. The minimum Gasteiger partial charge on any atom is -0.376 e. The third-order valence-electron chi connectivity index (χ3n) is 3.57. The Morgan fingerprint density at radius 3 is 2.62 bits per heavy atom. The zero-order valence-corrected chi connectivity index (χ0v) is 14.8. The first-order valence-corrected chi connectivity index (χ1v) is 8.47. The van der Waals surface area contributed by atoms with Crippen molar-refractivity contribution in [1.82, 2.24) is 5.32 Å². The highest BCUT2D eigenvalue weighted by Crippen LogP contribution is 2.22. The second kappa shape index (κ2) is 7.73. The molecule has 0 aliphatic carbocycles. The zero-order valence-electron chi connectivity index (χ0n) is 13.2. The molecule has 1 aromatic rings. The molecular weight excluding hydrogens is 330 g/mol. The topological polar surface area (TPSA) is 30.5 Å². The van der Waals surface area contributed by atoms with E-state index >= 15 is 0 Å². The van der Waals surface area contributed by atoms with E-state index in [1.54, 1.807) is 0 Å². The standard InChI is InChI=1S/C17H26BrNO2/c1-17(2,3)19-11-16(13-6-8-14(18)9-7-13)21-12-15-5-4-10-20-15/h6-9,15-16,19H,4-5,10-12H2,1-3H3. The van der Waals surface area contributed by atoms with Gasteiger partial charge in [-0.2, -0.15) is 0 Å². The van der Waals surface area contributed by atoms with E-state index in [9.17, 15) is 0 Å². The van der Waals surface area contributed by atoms with Crippen molar-refractivity contribution in [3.63, 3.8) is 0 Å². The van der Waals surface area contributed by atoms with Crippen LogP contribution in [0.5, 0.6) is 0 Å². The summed E-state index contributed by atoms with van der Waals surface area (Å²) in [5.41, 5.74) is 1.29. The molecule has 1 heterocycles. The summed E-state index contributed by atoms with van der Waals surface area (Å²) in [5.74, 6) is 0. The van der Waals surface area contributed by atoms with Crippen LogP contribution in [0.4, 0.5) is 0 Å². The molecule has 2 rings (SSSR count). The summed E-state index contributed by atoms with van der Waals surface area (Å²) in [5, 5.41) is 3.53. The fourth-order valence-corrected chi connectivity index (χ4v) is 2.61. The first-order valence-electron chi connectivity index (χ1n) is 7.68. The average molecular weight is 356 g/mol. The van der Waals surface area contributed by atoms with Gasteiger partial charge in [0.15, 0.2) is 0 Å². The Labute approximate surface area is 136 Å². The molecule has 1 fully saturated rings. The Hall–Kier alpha value is -0.420. The number of hydrogen-bond donors (Lipinski definition) is 1. The van der Waals surface area contributed by atoms with Crippen molar-refractivity contribution in [2.75, 3.05) is 19.8 Å². The molecule has 1 aliphatic heterocycles. The van der Waals surface area contributed by atoms with Gasteiger partial charge in [-0.3, -0.25) is 0 Å². The van der Waals surface area contributed by atoms with Crippen LogP contribution in [0.15, 0.2) is 28.7 Å². The van der Waals surface area contributed by atoms with Crippen LogP contribution in [0.3, 0.4) is 0 Å². The van der Waals surface area contributed by atoms with Gasteiger partial charge >= 0.3 is 0 Å². The smallest absolute Gasteiger partial charge is 0.0950 e. The van der Waals surface area contributed by atoms with E-state index in [1.165, 1.54) is 5.56 Å². The maximum absolute atomic E-state index is 6.14. The lowest BCUT2D eigenvalue weighted by Crippen LogP contribution is -2.39. The van der Waals surface area contributed by atoms with Gasteiger partial charge in [-0.1, -0.05) is 28.1 Å². The largest absolute Gasteiger partial charge is 0.376 e. The minimum atomic E-state index is 0.0570. The third-order valence-corrected chi connectivity index (χ3v) is 4.10. The van der Waals surface area contributed by atoms with E-state index in [1.807, 2.05) is 0 Å². The van der Waals surface area contributed by atoms with E-state index in [0.717, 1.165) is 30.5 Å². The molecule has 1 aromatic carbocycles. The number of hydrogen-bond acceptors (Lipinski definition) is 3. The van der Waals surface area contributed by atoms with E-state index < -0.39 is 0 Å². The average Bonchev–Trinajstić information content (AvgIpc) is 2.92. The lowest BCUT2D eigenvalue weighted by molar-refractivity contribution is -0.0226. The lowest BCUT2D eigenvalue weighted by Gasteiger charge is -2.26. The summed E-state index contributed by atoms with van der Waals surface area (Å²) in [4.78, 5) is 0. The van der Waals surface area contributed by atoms with Crippen LogP contribution in [0.25, 0.3) is 0 Å². The van der Waals surface area contributed by atoms with E-state index in [0.29, 0.717) is 6.61 Å². The van der Waals surface area contributed by atoms with Gasteiger partial charge in [-0.05, 0) is 51.3 Å². The van der Waals surface area contributed by atoms with Crippen molar-refractivity contribution in [3.8, 4) is 0 Å². The number of nitrogens with one attached hydrogen (secondary N) is 1. The van der Waals surface area contributed by atoms with Crippen LogP contribution in [0.2, 0.25) is 0 Å². The molecule has 0 bridgehead atoms. The van der Waals surface area contributed by atoms with Gasteiger partial charge in [0.1, 0.15) is 0 Å².